The number of nitrogens with zero attached hydrogens (tertiary/aromatic N) is 5. The predicted octanol–water partition coefficient (Wildman–Crippen LogP) is 1.59. The third-order valence-electron chi connectivity index (χ3n) is 5.86. The molecule has 3 rings (SSSR count). The molecular weight excluding hydrogens is 400 g/mol. The molecular formula is C22H35ClN6O. The summed E-state index contributed by atoms with van der Waals surface area (Å²) < 4.78 is 0. The van der Waals surface area contributed by atoms with Crippen LogP contribution in [0.2, 0.25) is 5.02 Å². The van der Waals surface area contributed by atoms with Crippen LogP contribution >= 0.6 is 11.6 Å². The Balaban J connectivity index is 1.39. The molecule has 1 aromatic carbocycles. The molecule has 166 valence electrons. The van der Waals surface area contributed by atoms with Gasteiger partial charge in [-0.2, -0.15) is 0 Å². The molecule has 1 amide bonds. The lowest BCUT2D eigenvalue weighted by atomic mass is 10.2. The number of benzene rings is 1. The van der Waals surface area contributed by atoms with E-state index in [2.05, 4.69) is 32.1 Å². The number of hydrogen-bond donors (Lipinski definition) is 1. The Morgan fingerprint density at radius 1 is 1.10 bits per heavy atom. The molecule has 0 radical (unpaired) electrons. The van der Waals surface area contributed by atoms with Gasteiger partial charge in [0.2, 0.25) is 5.91 Å². The predicted molar refractivity (Wildman–Crippen MR) is 123 cm³/mol. The Labute approximate surface area is 185 Å². The van der Waals surface area contributed by atoms with Crippen molar-refractivity contribution in [3.05, 3.63) is 34.9 Å². The molecule has 8 heteroatoms. The van der Waals surface area contributed by atoms with Crippen molar-refractivity contribution in [2.75, 3.05) is 73.0 Å². The van der Waals surface area contributed by atoms with Crippen molar-refractivity contribution in [2.45, 2.75) is 19.4 Å². The highest BCUT2D eigenvalue weighted by Gasteiger charge is 2.25. The number of guanidine groups is 1. The third-order valence-corrected chi connectivity index (χ3v) is 6.12. The normalized spacial score (nSPS) is 19.8. The van der Waals surface area contributed by atoms with E-state index in [1.54, 1.807) is 7.05 Å². The Bertz CT molecular complexity index is 710. The maximum atomic E-state index is 12.7. The van der Waals surface area contributed by atoms with E-state index in [1.165, 1.54) is 19.5 Å². The molecule has 0 bridgehead atoms. The Hall–Kier alpha value is -1.83. The molecule has 7 nitrogen and oxygen atoms in total. The van der Waals surface area contributed by atoms with Crippen molar-refractivity contribution in [1.29, 1.82) is 0 Å². The summed E-state index contributed by atoms with van der Waals surface area (Å²) in [5, 5.41) is 4.16. The molecule has 0 saturated carbocycles. The standard InChI is InChI=1S/C22H35ClN6O/c1-24-22(25-9-3-11-27-12-4-10-26(2)13-14-27)29-16-15-28(21(30)18-29)17-19-5-7-20(23)8-6-19/h5-8H,3-4,9-18H2,1-2H3,(H,24,25). The molecule has 0 atom stereocenters. The second kappa shape index (κ2) is 11.5. The fraction of sp³-hybridized carbons (Fsp3) is 0.636. The highest BCUT2D eigenvalue weighted by molar-refractivity contribution is 6.30. The first-order chi connectivity index (χ1) is 14.5. The topological polar surface area (TPSA) is 54.4 Å². The van der Waals surface area contributed by atoms with Crippen LogP contribution in [0.15, 0.2) is 29.3 Å². The molecule has 1 aromatic rings. The van der Waals surface area contributed by atoms with Crippen LogP contribution in [0.25, 0.3) is 0 Å². The zero-order chi connectivity index (χ0) is 21.3. The molecule has 2 aliphatic heterocycles. The summed E-state index contributed by atoms with van der Waals surface area (Å²) >= 11 is 5.95. The third kappa shape index (κ3) is 6.86. The second-order valence-corrected chi connectivity index (χ2v) is 8.63. The van der Waals surface area contributed by atoms with Gasteiger partial charge in [0.05, 0.1) is 6.54 Å². The summed E-state index contributed by atoms with van der Waals surface area (Å²) in [6.07, 6.45) is 2.32. The fourth-order valence-electron chi connectivity index (χ4n) is 4.03. The summed E-state index contributed by atoms with van der Waals surface area (Å²) in [5.74, 6) is 0.956. The summed E-state index contributed by atoms with van der Waals surface area (Å²) in [6.45, 7) is 9.13. The molecule has 0 spiro atoms. The fourth-order valence-corrected chi connectivity index (χ4v) is 4.15. The largest absolute Gasteiger partial charge is 0.356 e. The van der Waals surface area contributed by atoms with Gasteiger partial charge in [-0.05, 0) is 57.2 Å². The number of aliphatic imine (C=N–C) groups is 1. The number of nitrogens with one attached hydrogen (secondary N) is 1. The molecule has 0 aromatic heterocycles. The van der Waals surface area contributed by atoms with E-state index in [1.807, 2.05) is 29.2 Å². The van der Waals surface area contributed by atoms with Gasteiger partial charge < -0.3 is 24.9 Å². The zero-order valence-electron chi connectivity index (χ0n) is 18.3. The summed E-state index contributed by atoms with van der Waals surface area (Å²) in [6, 6.07) is 7.69. The van der Waals surface area contributed by atoms with Crippen LogP contribution in [0.3, 0.4) is 0 Å². The Kier molecular flexibility index (Phi) is 8.78. The number of carbonyl (C=O) groups is 1. The van der Waals surface area contributed by atoms with Crippen LogP contribution < -0.4 is 5.32 Å². The van der Waals surface area contributed by atoms with Crippen molar-refractivity contribution in [2.24, 2.45) is 4.99 Å². The molecule has 2 aliphatic rings. The van der Waals surface area contributed by atoms with Crippen molar-refractivity contribution < 1.29 is 4.79 Å². The number of likely N-dealkylation sites (N-methyl/N-ethyl adjacent to an activating group) is 1. The SMILES string of the molecule is CN=C(NCCCN1CCCN(C)CC1)N1CCN(Cc2ccc(Cl)cc2)C(=O)C1. The first-order valence-electron chi connectivity index (χ1n) is 10.9. The van der Waals surface area contributed by atoms with Crippen LogP contribution in [0, 0.1) is 0 Å². The monoisotopic (exact) mass is 434 g/mol. The van der Waals surface area contributed by atoms with Crippen LogP contribution in [-0.2, 0) is 11.3 Å². The first-order valence-corrected chi connectivity index (χ1v) is 11.3. The van der Waals surface area contributed by atoms with E-state index < -0.39 is 0 Å². The van der Waals surface area contributed by atoms with Gasteiger partial charge >= 0.3 is 0 Å². The van der Waals surface area contributed by atoms with Crippen LogP contribution in [-0.4, -0.2) is 104 Å². The van der Waals surface area contributed by atoms with Crippen molar-refractivity contribution in [1.82, 2.24) is 24.9 Å². The number of piperazine rings is 1. The second-order valence-electron chi connectivity index (χ2n) is 8.19. The Morgan fingerprint density at radius 2 is 1.90 bits per heavy atom. The summed E-state index contributed by atoms with van der Waals surface area (Å²) in [4.78, 5) is 26.0. The first kappa shape index (κ1) is 22.8. The number of hydrogen-bond acceptors (Lipinski definition) is 4. The van der Waals surface area contributed by atoms with Gasteiger partial charge in [-0.25, -0.2) is 0 Å². The highest BCUT2D eigenvalue weighted by atomic mass is 35.5. The van der Waals surface area contributed by atoms with Gasteiger partial charge in [0, 0.05) is 51.3 Å². The number of rotatable bonds is 6. The average molecular weight is 435 g/mol. The van der Waals surface area contributed by atoms with Gasteiger partial charge in [0.1, 0.15) is 0 Å². The van der Waals surface area contributed by atoms with E-state index in [4.69, 9.17) is 11.6 Å². The quantitative estimate of drug-likeness (QED) is 0.418. The average Bonchev–Trinajstić information content (AvgIpc) is 2.95. The number of amides is 1. The molecule has 0 aliphatic carbocycles. The van der Waals surface area contributed by atoms with Gasteiger partial charge in [-0.1, -0.05) is 23.7 Å². The highest BCUT2D eigenvalue weighted by Crippen LogP contribution is 2.13. The van der Waals surface area contributed by atoms with Gasteiger partial charge in [0.25, 0.3) is 0 Å². The van der Waals surface area contributed by atoms with Crippen LogP contribution in [0.4, 0.5) is 0 Å². The van der Waals surface area contributed by atoms with Crippen molar-refractivity contribution in [3.63, 3.8) is 0 Å². The molecule has 2 heterocycles. The van der Waals surface area contributed by atoms with E-state index >= 15 is 0 Å². The summed E-state index contributed by atoms with van der Waals surface area (Å²) in [7, 11) is 3.99. The molecule has 2 saturated heterocycles. The molecule has 0 unspecified atom stereocenters. The number of carbonyl (C=O) groups excluding carboxylic acids is 1. The molecule has 2 fully saturated rings. The maximum absolute atomic E-state index is 12.7. The minimum atomic E-state index is 0.132. The summed E-state index contributed by atoms with van der Waals surface area (Å²) in [5.41, 5.74) is 1.10. The zero-order valence-corrected chi connectivity index (χ0v) is 19.1. The van der Waals surface area contributed by atoms with Gasteiger partial charge in [-0.15, -0.1) is 0 Å². The van der Waals surface area contributed by atoms with Gasteiger partial charge in [-0.3, -0.25) is 9.79 Å². The smallest absolute Gasteiger partial charge is 0.242 e. The van der Waals surface area contributed by atoms with E-state index in [0.717, 1.165) is 50.7 Å². The van der Waals surface area contributed by atoms with E-state index in [-0.39, 0.29) is 5.91 Å². The minimum absolute atomic E-state index is 0.132. The lowest BCUT2D eigenvalue weighted by Gasteiger charge is -2.36. The molecule has 30 heavy (non-hydrogen) atoms. The van der Waals surface area contributed by atoms with Gasteiger partial charge in [0.15, 0.2) is 5.96 Å². The minimum Gasteiger partial charge on any atom is -0.356 e. The van der Waals surface area contributed by atoms with Crippen LogP contribution in [0.1, 0.15) is 18.4 Å². The lowest BCUT2D eigenvalue weighted by Crippen LogP contribution is -2.55. The molecule has 1 N–H and O–H groups in total. The van der Waals surface area contributed by atoms with Crippen molar-refractivity contribution in [3.8, 4) is 0 Å². The van der Waals surface area contributed by atoms with E-state index in [9.17, 15) is 4.79 Å². The lowest BCUT2D eigenvalue weighted by molar-refractivity contribution is -0.135. The van der Waals surface area contributed by atoms with Crippen LogP contribution in [0.5, 0.6) is 0 Å². The Morgan fingerprint density at radius 3 is 2.63 bits per heavy atom. The van der Waals surface area contributed by atoms with Crippen molar-refractivity contribution >= 4 is 23.5 Å². The maximum Gasteiger partial charge on any atom is 0.242 e. The number of halogens is 1. The van der Waals surface area contributed by atoms with E-state index in [0.29, 0.717) is 24.7 Å².